The first-order valence-electron chi connectivity index (χ1n) is 9.24. The predicted molar refractivity (Wildman–Crippen MR) is 97.3 cm³/mol. The van der Waals surface area contributed by atoms with Gasteiger partial charge in [-0.25, -0.2) is 0 Å². The third kappa shape index (κ3) is 3.07. The lowest BCUT2D eigenvalue weighted by Crippen LogP contribution is -2.39. The van der Waals surface area contributed by atoms with Crippen molar-refractivity contribution >= 4 is 5.91 Å². The summed E-state index contributed by atoms with van der Waals surface area (Å²) in [5, 5.41) is 12.1. The van der Waals surface area contributed by atoms with Gasteiger partial charge in [0.25, 0.3) is 5.91 Å². The fraction of sp³-hybridized carbons (Fsp3) is 0.526. The van der Waals surface area contributed by atoms with E-state index in [0.29, 0.717) is 11.5 Å². The number of aromatic nitrogens is 3. The van der Waals surface area contributed by atoms with Crippen molar-refractivity contribution in [2.75, 3.05) is 26.7 Å². The molecule has 0 unspecified atom stereocenters. The Hall–Kier alpha value is -2.41. The molecule has 1 aromatic heterocycles. The van der Waals surface area contributed by atoms with Crippen LogP contribution in [0.1, 0.15) is 46.3 Å². The summed E-state index contributed by atoms with van der Waals surface area (Å²) in [6.45, 7) is 6.16. The standard InChI is InChI=1S/C19H25N5O2/c1-13-3-4-15(11-16(13)26-2)19(25)23-8-5-14(6-9-23)18-22-21-17-12-20-7-10-24(17)18/h3-4,11,14,20H,5-10,12H2,1-2H3. The molecule has 2 aliphatic heterocycles. The summed E-state index contributed by atoms with van der Waals surface area (Å²) in [5.41, 5.74) is 1.73. The van der Waals surface area contributed by atoms with Gasteiger partial charge in [0.15, 0.2) is 0 Å². The van der Waals surface area contributed by atoms with Gasteiger partial charge in [0, 0.05) is 37.7 Å². The van der Waals surface area contributed by atoms with Crippen molar-refractivity contribution in [3.63, 3.8) is 0 Å². The minimum absolute atomic E-state index is 0.0780. The third-order valence-electron chi connectivity index (χ3n) is 5.45. The number of fused-ring (bicyclic) bond motifs is 1. The predicted octanol–water partition coefficient (Wildman–Crippen LogP) is 1.72. The first-order valence-corrected chi connectivity index (χ1v) is 9.24. The van der Waals surface area contributed by atoms with E-state index in [-0.39, 0.29) is 5.91 Å². The average Bonchev–Trinajstić information content (AvgIpc) is 3.12. The SMILES string of the molecule is COc1cc(C(=O)N2CCC(c3nnc4n3CCNC4)CC2)ccc1C. The largest absolute Gasteiger partial charge is 0.496 e. The molecular weight excluding hydrogens is 330 g/mol. The van der Waals surface area contributed by atoms with Crippen LogP contribution < -0.4 is 10.1 Å². The van der Waals surface area contributed by atoms with Gasteiger partial charge in [-0.05, 0) is 37.5 Å². The Kier molecular flexibility index (Phi) is 4.63. The highest BCUT2D eigenvalue weighted by atomic mass is 16.5. The molecule has 1 aromatic carbocycles. The van der Waals surface area contributed by atoms with E-state index in [9.17, 15) is 4.79 Å². The molecule has 0 atom stereocenters. The van der Waals surface area contributed by atoms with E-state index in [1.807, 2.05) is 30.0 Å². The zero-order valence-corrected chi connectivity index (χ0v) is 15.4. The van der Waals surface area contributed by atoms with Gasteiger partial charge >= 0.3 is 0 Å². The molecule has 0 spiro atoms. The van der Waals surface area contributed by atoms with E-state index in [1.165, 1.54) is 0 Å². The number of aryl methyl sites for hydroxylation is 1. The van der Waals surface area contributed by atoms with Crippen LogP contribution in [-0.2, 0) is 13.1 Å². The van der Waals surface area contributed by atoms with E-state index >= 15 is 0 Å². The molecule has 0 saturated carbocycles. The number of nitrogens with one attached hydrogen (secondary N) is 1. The molecule has 1 N–H and O–H groups in total. The van der Waals surface area contributed by atoms with Crippen LogP contribution in [0.3, 0.4) is 0 Å². The van der Waals surface area contributed by atoms with E-state index < -0.39 is 0 Å². The van der Waals surface area contributed by atoms with E-state index in [1.54, 1.807) is 7.11 Å². The van der Waals surface area contributed by atoms with Crippen LogP contribution in [0.2, 0.25) is 0 Å². The van der Waals surface area contributed by atoms with Crippen LogP contribution in [0.5, 0.6) is 5.75 Å². The molecule has 7 nitrogen and oxygen atoms in total. The Morgan fingerprint density at radius 3 is 2.81 bits per heavy atom. The summed E-state index contributed by atoms with van der Waals surface area (Å²) >= 11 is 0. The van der Waals surface area contributed by atoms with Crippen LogP contribution >= 0.6 is 0 Å². The number of likely N-dealkylation sites (tertiary alicyclic amines) is 1. The van der Waals surface area contributed by atoms with Gasteiger partial charge < -0.3 is 19.5 Å². The summed E-state index contributed by atoms with van der Waals surface area (Å²) in [6, 6.07) is 5.66. The zero-order valence-electron chi connectivity index (χ0n) is 15.4. The maximum Gasteiger partial charge on any atom is 0.253 e. The zero-order chi connectivity index (χ0) is 18.1. The molecular formula is C19H25N5O2. The minimum Gasteiger partial charge on any atom is -0.496 e. The monoisotopic (exact) mass is 355 g/mol. The topological polar surface area (TPSA) is 72.3 Å². The molecule has 26 heavy (non-hydrogen) atoms. The smallest absolute Gasteiger partial charge is 0.253 e. The molecule has 2 aliphatic rings. The van der Waals surface area contributed by atoms with Crippen molar-refractivity contribution in [1.82, 2.24) is 25.0 Å². The van der Waals surface area contributed by atoms with E-state index in [4.69, 9.17) is 4.74 Å². The second-order valence-corrected chi connectivity index (χ2v) is 7.05. The maximum absolute atomic E-state index is 12.8. The Labute approximate surface area is 153 Å². The molecule has 0 aliphatic carbocycles. The number of rotatable bonds is 3. The molecule has 138 valence electrons. The second kappa shape index (κ2) is 7.07. The lowest BCUT2D eigenvalue weighted by molar-refractivity contribution is 0.0709. The highest BCUT2D eigenvalue weighted by Crippen LogP contribution is 2.29. The van der Waals surface area contributed by atoms with Gasteiger partial charge in [-0.15, -0.1) is 10.2 Å². The third-order valence-corrected chi connectivity index (χ3v) is 5.45. The number of benzene rings is 1. The summed E-state index contributed by atoms with van der Waals surface area (Å²) in [5.74, 6) is 3.33. The number of methoxy groups -OCH3 is 1. The normalized spacial score (nSPS) is 17.8. The van der Waals surface area contributed by atoms with Crippen molar-refractivity contribution in [3.05, 3.63) is 41.0 Å². The molecule has 3 heterocycles. The summed E-state index contributed by atoms with van der Waals surface area (Å²) in [7, 11) is 1.64. The van der Waals surface area contributed by atoms with E-state index in [2.05, 4.69) is 20.1 Å². The molecule has 1 saturated heterocycles. The number of ether oxygens (including phenoxy) is 1. The number of amides is 1. The average molecular weight is 355 g/mol. The van der Waals surface area contributed by atoms with Gasteiger partial charge in [-0.1, -0.05) is 6.07 Å². The Morgan fingerprint density at radius 2 is 2.04 bits per heavy atom. The number of hydrogen-bond donors (Lipinski definition) is 1. The highest BCUT2D eigenvalue weighted by Gasteiger charge is 2.29. The Balaban J connectivity index is 1.43. The fourth-order valence-electron chi connectivity index (χ4n) is 3.89. The van der Waals surface area contributed by atoms with Crippen molar-refractivity contribution in [2.24, 2.45) is 0 Å². The molecule has 7 heteroatoms. The summed E-state index contributed by atoms with van der Waals surface area (Å²) < 4.78 is 7.60. The summed E-state index contributed by atoms with van der Waals surface area (Å²) in [4.78, 5) is 14.8. The lowest BCUT2D eigenvalue weighted by atomic mass is 9.95. The number of hydrogen-bond acceptors (Lipinski definition) is 5. The molecule has 0 bridgehead atoms. The quantitative estimate of drug-likeness (QED) is 0.908. The van der Waals surface area contributed by atoms with Gasteiger partial charge in [0.2, 0.25) is 0 Å². The second-order valence-electron chi connectivity index (χ2n) is 7.05. The molecule has 0 radical (unpaired) electrons. The number of carbonyl (C=O) groups excluding carboxylic acids is 1. The van der Waals surface area contributed by atoms with Crippen LogP contribution in [0, 0.1) is 6.92 Å². The van der Waals surface area contributed by atoms with Gasteiger partial charge in [-0.2, -0.15) is 0 Å². The molecule has 2 aromatic rings. The van der Waals surface area contributed by atoms with Gasteiger partial charge in [0.05, 0.1) is 13.7 Å². The first kappa shape index (κ1) is 17.0. The molecule has 1 amide bonds. The van der Waals surface area contributed by atoms with E-state index in [0.717, 1.165) is 68.5 Å². The molecule has 1 fully saturated rings. The van der Waals surface area contributed by atoms with Crippen molar-refractivity contribution < 1.29 is 9.53 Å². The Morgan fingerprint density at radius 1 is 1.23 bits per heavy atom. The van der Waals surface area contributed by atoms with Crippen LogP contribution in [0.4, 0.5) is 0 Å². The fourth-order valence-corrected chi connectivity index (χ4v) is 3.89. The van der Waals surface area contributed by atoms with Crippen molar-refractivity contribution in [1.29, 1.82) is 0 Å². The van der Waals surface area contributed by atoms with Crippen LogP contribution in [-0.4, -0.2) is 52.3 Å². The van der Waals surface area contributed by atoms with Gasteiger partial charge in [-0.3, -0.25) is 4.79 Å². The van der Waals surface area contributed by atoms with Crippen LogP contribution in [0.15, 0.2) is 18.2 Å². The Bertz CT molecular complexity index is 808. The van der Waals surface area contributed by atoms with Crippen LogP contribution in [0.25, 0.3) is 0 Å². The molecule has 4 rings (SSSR count). The maximum atomic E-state index is 12.8. The van der Waals surface area contributed by atoms with Crippen molar-refractivity contribution in [2.45, 2.75) is 38.8 Å². The number of nitrogens with zero attached hydrogens (tertiary/aromatic N) is 4. The first-order chi connectivity index (χ1) is 12.7. The van der Waals surface area contributed by atoms with Gasteiger partial charge in [0.1, 0.15) is 17.4 Å². The van der Waals surface area contributed by atoms with Crippen molar-refractivity contribution in [3.8, 4) is 5.75 Å². The number of carbonyl (C=O) groups is 1. The number of piperidine rings is 1. The lowest BCUT2D eigenvalue weighted by Gasteiger charge is -2.32. The summed E-state index contributed by atoms with van der Waals surface area (Å²) in [6.07, 6.45) is 1.86. The highest BCUT2D eigenvalue weighted by molar-refractivity contribution is 5.94. The minimum atomic E-state index is 0.0780.